The molecule has 270 valence electrons. The molecule has 9 nitrogen and oxygen atoms in total. The number of carbonyl (C=O) groups excluding carboxylic acids is 2. The third-order valence-corrected chi connectivity index (χ3v) is 8.59. The zero-order chi connectivity index (χ0) is 34.0. The van der Waals surface area contributed by atoms with E-state index in [1.165, 1.54) is 64.2 Å². The molecule has 0 aromatic carbocycles. The molecule has 10 heteroatoms. The molecule has 0 fully saturated rings. The molecular formula is C36H68NO8P. The zero-order valence-electron chi connectivity index (χ0n) is 29.3. The molecule has 3 N–H and O–H groups in total. The Labute approximate surface area is 280 Å². The summed E-state index contributed by atoms with van der Waals surface area (Å²) in [4.78, 5) is 33.7. The van der Waals surface area contributed by atoms with Crippen molar-refractivity contribution in [1.82, 2.24) is 5.32 Å². The van der Waals surface area contributed by atoms with Crippen LogP contribution in [0.15, 0.2) is 24.3 Å². The number of phosphoric ester groups is 1. The number of amides is 1. The largest absolute Gasteiger partial charge is 0.472 e. The lowest BCUT2D eigenvalue weighted by atomic mass is 10.1. The Morgan fingerprint density at radius 1 is 0.652 bits per heavy atom. The lowest BCUT2D eigenvalue weighted by Gasteiger charge is -2.15. The van der Waals surface area contributed by atoms with Crippen molar-refractivity contribution in [3.8, 4) is 0 Å². The monoisotopic (exact) mass is 673 g/mol. The van der Waals surface area contributed by atoms with Gasteiger partial charge in [-0.05, 0) is 64.2 Å². The number of nitrogens with one attached hydrogen (secondary N) is 1. The van der Waals surface area contributed by atoms with Crippen molar-refractivity contribution in [2.45, 2.75) is 168 Å². The quantitative estimate of drug-likeness (QED) is 0.0267. The first kappa shape index (κ1) is 44.5. The van der Waals surface area contributed by atoms with Crippen molar-refractivity contribution in [2.75, 3.05) is 26.4 Å². The minimum atomic E-state index is -4.41. The number of hydrogen-bond donors (Lipinski definition) is 3. The number of aliphatic hydroxyl groups excluding tert-OH is 1. The van der Waals surface area contributed by atoms with E-state index in [1.54, 1.807) is 0 Å². The number of phosphoric acid groups is 1. The van der Waals surface area contributed by atoms with Crippen molar-refractivity contribution in [3.05, 3.63) is 24.3 Å². The van der Waals surface area contributed by atoms with Gasteiger partial charge in [0.25, 0.3) is 0 Å². The van der Waals surface area contributed by atoms with Crippen LogP contribution in [-0.2, 0) is 27.9 Å². The minimum absolute atomic E-state index is 0.0772. The van der Waals surface area contributed by atoms with Crippen LogP contribution in [0, 0.1) is 0 Å². The molecule has 0 aliphatic heterocycles. The normalized spacial score (nSPS) is 13.7. The van der Waals surface area contributed by atoms with E-state index in [-0.39, 0.29) is 32.1 Å². The highest BCUT2D eigenvalue weighted by molar-refractivity contribution is 7.47. The maximum absolute atomic E-state index is 12.0. The second kappa shape index (κ2) is 33.4. The summed E-state index contributed by atoms with van der Waals surface area (Å²) in [5.74, 6) is -0.536. The Hall–Kier alpha value is -1.51. The van der Waals surface area contributed by atoms with Gasteiger partial charge in [0.2, 0.25) is 5.91 Å². The summed E-state index contributed by atoms with van der Waals surface area (Å²) < 4.78 is 26.7. The molecule has 0 aromatic rings. The summed E-state index contributed by atoms with van der Waals surface area (Å²) in [5.41, 5.74) is 0. The molecule has 2 atom stereocenters. The van der Waals surface area contributed by atoms with E-state index in [9.17, 15) is 24.2 Å². The first-order valence-corrected chi connectivity index (χ1v) is 19.8. The van der Waals surface area contributed by atoms with Crippen LogP contribution in [0.5, 0.6) is 0 Å². The molecule has 2 unspecified atom stereocenters. The molecule has 0 aliphatic rings. The number of ether oxygens (including phenoxy) is 1. The number of hydrogen-bond acceptors (Lipinski definition) is 7. The van der Waals surface area contributed by atoms with E-state index in [1.807, 2.05) is 0 Å². The van der Waals surface area contributed by atoms with E-state index in [0.29, 0.717) is 6.42 Å². The summed E-state index contributed by atoms with van der Waals surface area (Å²) in [7, 11) is -4.41. The number of carbonyl (C=O) groups is 2. The number of rotatable bonds is 34. The number of aliphatic hydroxyl groups is 1. The fourth-order valence-electron chi connectivity index (χ4n) is 4.78. The van der Waals surface area contributed by atoms with Gasteiger partial charge in [0.15, 0.2) is 0 Å². The molecular weight excluding hydrogens is 605 g/mol. The molecule has 0 spiro atoms. The SMILES string of the molecule is CCCCC/C=C\CCCCCCCC(=O)OCC(O)COP(=O)(O)OCCNC(=O)CCCCCCC/C=C\CCCCCC. The summed E-state index contributed by atoms with van der Waals surface area (Å²) in [5, 5.41) is 12.6. The minimum Gasteiger partial charge on any atom is -0.463 e. The van der Waals surface area contributed by atoms with Crippen LogP contribution in [0.4, 0.5) is 0 Å². The van der Waals surface area contributed by atoms with E-state index in [0.717, 1.165) is 70.6 Å². The van der Waals surface area contributed by atoms with Crippen LogP contribution in [0.3, 0.4) is 0 Å². The van der Waals surface area contributed by atoms with Gasteiger partial charge in [0, 0.05) is 19.4 Å². The Morgan fingerprint density at radius 3 is 1.67 bits per heavy atom. The van der Waals surface area contributed by atoms with Gasteiger partial charge in [-0.2, -0.15) is 0 Å². The molecule has 0 radical (unpaired) electrons. The maximum atomic E-state index is 12.0. The van der Waals surface area contributed by atoms with Crippen LogP contribution >= 0.6 is 7.82 Å². The lowest BCUT2D eigenvalue weighted by molar-refractivity contribution is -0.147. The Bertz CT molecular complexity index is 820. The second-order valence-electron chi connectivity index (χ2n) is 12.2. The van der Waals surface area contributed by atoms with Crippen molar-refractivity contribution in [2.24, 2.45) is 0 Å². The Morgan fingerprint density at radius 2 is 1.11 bits per heavy atom. The summed E-state index contributed by atoms with van der Waals surface area (Å²) in [6.45, 7) is 3.47. The molecule has 0 saturated heterocycles. The average molecular weight is 674 g/mol. The van der Waals surface area contributed by atoms with Crippen LogP contribution in [0.2, 0.25) is 0 Å². The number of allylic oxidation sites excluding steroid dienone is 4. The molecule has 0 aliphatic carbocycles. The lowest BCUT2D eigenvalue weighted by Crippen LogP contribution is -2.27. The van der Waals surface area contributed by atoms with Gasteiger partial charge in [-0.3, -0.25) is 18.6 Å². The van der Waals surface area contributed by atoms with Gasteiger partial charge in [0.05, 0.1) is 13.2 Å². The highest BCUT2D eigenvalue weighted by Gasteiger charge is 2.23. The van der Waals surface area contributed by atoms with E-state index < -0.39 is 26.5 Å². The van der Waals surface area contributed by atoms with Gasteiger partial charge in [-0.1, -0.05) is 109 Å². The summed E-state index contributed by atoms with van der Waals surface area (Å²) >= 11 is 0. The number of esters is 1. The van der Waals surface area contributed by atoms with Crippen molar-refractivity contribution >= 4 is 19.7 Å². The van der Waals surface area contributed by atoms with Crippen LogP contribution in [-0.4, -0.2) is 54.3 Å². The predicted octanol–water partition coefficient (Wildman–Crippen LogP) is 9.26. The fraction of sp³-hybridized carbons (Fsp3) is 0.833. The van der Waals surface area contributed by atoms with E-state index in [2.05, 4.69) is 43.5 Å². The van der Waals surface area contributed by atoms with Gasteiger partial charge in [-0.15, -0.1) is 0 Å². The van der Waals surface area contributed by atoms with Gasteiger partial charge >= 0.3 is 13.8 Å². The third kappa shape index (κ3) is 33.8. The number of unbranched alkanes of at least 4 members (excludes halogenated alkanes) is 17. The topological polar surface area (TPSA) is 131 Å². The molecule has 0 heterocycles. The maximum Gasteiger partial charge on any atom is 0.472 e. The molecule has 1 amide bonds. The van der Waals surface area contributed by atoms with Gasteiger partial charge < -0.3 is 20.1 Å². The van der Waals surface area contributed by atoms with Crippen molar-refractivity contribution < 1.29 is 37.9 Å². The molecule has 0 saturated carbocycles. The van der Waals surface area contributed by atoms with Crippen molar-refractivity contribution in [1.29, 1.82) is 0 Å². The van der Waals surface area contributed by atoms with Crippen molar-refractivity contribution in [3.63, 3.8) is 0 Å². The Balaban J connectivity index is 3.66. The highest BCUT2D eigenvalue weighted by atomic mass is 31.2. The highest BCUT2D eigenvalue weighted by Crippen LogP contribution is 2.42. The predicted molar refractivity (Wildman–Crippen MR) is 188 cm³/mol. The fourth-order valence-corrected chi connectivity index (χ4v) is 5.54. The average Bonchev–Trinajstić information content (AvgIpc) is 3.04. The third-order valence-electron chi connectivity index (χ3n) is 7.60. The van der Waals surface area contributed by atoms with Crippen LogP contribution < -0.4 is 5.32 Å². The molecule has 0 rings (SSSR count). The Kier molecular flexibility index (Phi) is 32.3. The van der Waals surface area contributed by atoms with Crippen LogP contribution in [0.1, 0.15) is 162 Å². The molecule has 46 heavy (non-hydrogen) atoms. The second-order valence-corrected chi connectivity index (χ2v) is 13.6. The standard InChI is InChI=1S/C36H68NO8P/c1-3-5-7-9-11-13-15-17-18-20-22-24-26-28-35(39)37-30-31-44-46(41,42)45-33-34(38)32-43-36(40)29-27-25-23-21-19-16-14-12-10-8-6-4-2/h12-15,34,38H,3-11,16-33H2,1-2H3,(H,37,39)(H,41,42)/b14-12-,15-13-. The zero-order valence-corrected chi connectivity index (χ0v) is 30.2. The van der Waals surface area contributed by atoms with Gasteiger partial charge in [0.1, 0.15) is 12.7 Å². The first-order valence-electron chi connectivity index (χ1n) is 18.3. The van der Waals surface area contributed by atoms with Crippen LogP contribution in [0.25, 0.3) is 0 Å². The smallest absolute Gasteiger partial charge is 0.463 e. The summed E-state index contributed by atoms with van der Waals surface area (Å²) in [6, 6.07) is 0. The van der Waals surface area contributed by atoms with Gasteiger partial charge in [-0.25, -0.2) is 4.57 Å². The molecule has 0 bridgehead atoms. The first-order chi connectivity index (χ1) is 22.3. The summed E-state index contributed by atoms with van der Waals surface area (Å²) in [6.07, 6.45) is 32.5. The van der Waals surface area contributed by atoms with E-state index in [4.69, 9.17) is 13.8 Å². The van der Waals surface area contributed by atoms with E-state index >= 15 is 0 Å². The molecule has 0 aromatic heterocycles.